The van der Waals surface area contributed by atoms with E-state index in [1.54, 1.807) is 0 Å². The maximum atomic E-state index is 11.9. The molecule has 0 aromatic rings. The van der Waals surface area contributed by atoms with Gasteiger partial charge in [0.1, 0.15) is 0 Å². The van der Waals surface area contributed by atoms with E-state index in [2.05, 4.69) is 20.4 Å². The molecule has 3 saturated carbocycles. The minimum Gasteiger partial charge on any atom is -0.385 e. The van der Waals surface area contributed by atoms with Crippen LogP contribution in [-0.2, 0) is 4.79 Å². The number of aliphatic hydroxyl groups is 1. The van der Waals surface area contributed by atoms with Crippen LogP contribution in [0.5, 0.6) is 0 Å². The Bertz CT molecular complexity index is 591. The maximum Gasteiger partial charge on any atom is 0.155 e. The van der Waals surface area contributed by atoms with Crippen LogP contribution < -0.4 is 0 Å². The normalized spacial score (nSPS) is 52.2. The predicted molar refractivity (Wildman–Crippen MR) is 91.9 cm³/mol. The average Bonchev–Trinajstić information content (AvgIpc) is 2.80. The topological polar surface area (TPSA) is 37.3 Å². The second-order valence-corrected chi connectivity index (χ2v) is 9.09. The Morgan fingerprint density at radius 2 is 1.87 bits per heavy atom. The first kappa shape index (κ1) is 15.6. The zero-order chi connectivity index (χ0) is 16.5. The summed E-state index contributed by atoms with van der Waals surface area (Å²) in [6.45, 7) is 8.67. The highest BCUT2D eigenvalue weighted by Gasteiger charge is 2.62. The molecular formula is C21H30O2. The number of carbonyl (C=O) groups is 1. The van der Waals surface area contributed by atoms with Crippen molar-refractivity contribution >= 4 is 5.78 Å². The summed E-state index contributed by atoms with van der Waals surface area (Å²) in [5.41, 5.74) is 0.975. The molecule has 2 heteroatoms. The predicted octanol–water partition coefficient (Wildman–Crippen LogP) is 4.44. The Morgan fingerprint density at radius 3 is 2.61 bits per heavy atom. The second-order valence-electron chi connectivity index (χ2n) is 9.09. The van der Waals surface area contributed by atoms with E-state index in [0.717, 1.165) is 38.5 Å². The largest absolute Gasteiger partial charge is 0.385 e. The van der Waals surface area contributed by atoms with Crippen LogP contribution in [-0.4, -0.2) is 16.5 Å². The fourth-order valence-corrected chi connectivity index (χ4v) is 6.95. The molecule has 3 fully saturated rings. The van der Waals surface area contributed by atoms with Crippen LogP contribution in [0.25, 0.3) is 0 Å². The SMILES string of the molecule is C=CC1(O)CC[C@@H]2C3CCC4=CC(=O)CC[C@]4(C)[C@@H]3CC[C@@]21C. The van der Waals surface area contributed by atoms with Crippen molar-refractivity contribution in [1.82, 2.24) is 0 Å². The van der Waals surface area contributed by atoms with Gasteiger partial charge in [-0.15, -0.1) is 6.58 Å². The number of hydrogen-bond acceptors (Lipinski definition) is 2. The molecule has 0 bridgehead atoms. The third-order valence-corrected chi connectivity index (χ3v) is 8.51. The molecule has 0 amide bonds. The van der Waals surface area contributed by atoms with Gasteiger partial charge in [0, 0.05) is 11.8 Å². The molecule has 4 aliphatic rings. The number of carbonyl (C=O) groups excluding carboxylic acids is 1. The molecule has 4 rings (SSSR count). The van der Waals surface area contributed by atoms with Crippen LogP contribution in [0.4, 0.5) is 0 Å². The molecular weight excluding hydrogens is 284 g/mol. The minimum absolute atomic E-state index is 0.00200. The molecule has 0 aromatic carbocycles. The van der Waals surface area contributed by atoms with Crippen LogP contribution in [0.3, 0.4) is 0 Å². The molecule has 0 heterocycles. The highest BCUT2D eigenvalue weighted by Crippen LogP contribution is 2.67. The van der Waals surface area contributed by atoms with Crippen molar-refractivity contribution in [1.29, 1.82) is 0 Å². The molecule has 0 radical (unpaired) electrons. The summed E-state index contributed by atoms with van der Waals surface area (Å²) >= 11 is 0. The van der Waals surface area contributed by atoms with Gasteiger partial charge in [0.15, 0.2) is 5.78 Å². The van der Waals surface area contributed by atoms with Gasteiger partial charge in [-0.25, -0.2) is 0 Å². The Labute approximate surface area is 140 Å². The molecule has 23 heavy (non-hydrogen) atoms. The van der Waals surface area contributed by atoms with Crippen molar-refractivity contribution in [3.05, 3.63) is 24.3 Å². The zero-order valence-corrected chi connectivity index (χ0v) is 14.6. The van der Waals surface area contributed by atoms with Gasteiger partial charge in [0.25, 0.3) is 0 Å². The van der Waals surface area contributed by atoms with E-state index in [1.165, 1.54) is 18.4 Å². The Hall–Kier alpha value is -0.890. The fourth-order valence-electron chi connectivity index (χ4n) is 6.95. The lowest BCUT2D eigenvalue weighted by atomic mass is 9.46. The van der Waals surface area contributed by atoms with Crippen LogP contribution in [0, 0.1) is 28.6 Å². The number of fused-ring (bicyclic) bond motifs is 5. The van der Waals surface area contributed by atoms with Crippen molar-refractivity contribution in [2.45, 2.75) is 70.8 Å². The van der Waals surface area contributed by atoms with Crippen molar-refractivity contribution in [2.75, 3.05) is 0 Å². The average molecular weight is 314 g/mol. The van der Waals surface area contributed by atoms with E-state index < -0.39 is 5.60 Å². The Morgan fingerprint density at radius 1 is 1.13 bits per heavy atom. The van der Waals surface area contributed by atoms with Gasteiger partial charge in [-0.2, -0.15) is 0 Å². The first-order valence-electron chi connectivity index (χ1n) is 9.44. The molecule has 6 atom stereocenters. The molecule has 0 spiro atoms. The highest BCUT2D eigenvalue weighted by molar-refractivity contribution is 5.91. The third kappa shape index (κ3) is 1.88. The second kappa shape index (κ2) is 4.81. The van der Waals surface area contributed by atoms with Crippen LogP contribution in [0.1, 0.15) is 65.2 Å². The first-order valence-corrected chi connectivity index (χ1v) is 9.44. The number of hydrogen-bond donors (Lipinski definition) is 1. The summed E-state index contributed by atoms with van der Waals surface area (Å²) in [6.07, 6.45) is 12.1. The lowest BCUT2D eigenvalue weighted by molar-refractivity contribution is -0.120. The van der Waals surface area contributed by atoms with E-state index in [1.807, 2.05) is 12.2 Å². The summed E-state index contributed by atoms with van der Waals surface area (Å²) in [5, 5.41) is 11.1. The van der Waals surface area contributed by atoms with E-state index in [9.17, 15) is 9.90 Å². The molecule has 4 aliphatic carbocycles. The lowest BCUT2D eigenvalue weighted by Gasteiger charge is -2.58. The standard InChI is InChI=1S/C21H30O2/c1-4-21(23)12-9-18-16-6-5-14-13-15(22)7-10-19(14,2)17(16)8-11-20(18,21)3/h4,13,16-18,23H,1,5-12H2,2-3H3/t16?,17-,18-,19+,20+,21?/m1/s1. The smallest absolute Gasteiger partial charge is 0.155 e. The van der Waals surface area contributed by atoms with Gasteiger partial charge in [-0.05, 0) is 74.2 Å². The molecule has 1 N–H and O–H groups in total. The Kier molecular flexibility index (Phi) is 3.27. The van der Waals surface area contributed by atoms with Gasteiger partial charge < -0.3 is 5.11 Å². The molecule has 126 valence electrons. The van der Waals surface area contributed by atoms with Crippen molar-refractivity contribution in [2.24, 2.45) is 28.6 Å². The molecule has 2 unspecified atom stereocenters. The summed E-state index contributed by atoms with van der Waals surface area (Å²) < 4.78 is 0. The molecule has 2 nitrogen and oxygen atoms in total. The number of allylic oxidation sites excluding steroid dienone is 1. The molecule has 0 saturated heterocycles. The molecule has 0 aromatic heterocycles. The van der Waals surface area contributed by atoms with E-state index in [-0.39, 0.29) is 10.8 Å². The van der Waals surface area contributed by atoms with Crippen LogP contribution >= 0.6 is 0 Å². The highest BCUT2D eigenvalue weighted by atomic mass is 16.3. The van der Waals surface area contributed by atoms with E-state index >= 15 is 0 Å². The monoisotopic (exact) mass is 314 g/mol. The summed E-state index contributed by atoms with van der Waals surface area (Å²) in [6, 6.07) is 0. The number of rotatable bonds is 1. The first-order chi connectivity index (χ1) is 10.8. The van der Waals surface area contributed by atoms with Crippen LogP contribution in [0.15, 0.2) is 24.3 Å². The van der Waals surface area contributed by atoms with E-state index in [0.29, 0.717) is 23.5 Å². The molecule has 0 aliphatic heterocycles. The van der Waals surface area contributed by atoms with Crippen molar-refractivity contribution in [3.8, 4) is 0 Å². The summed E-state index contributed by atoms with van der Waals surface area (Å²) in [7, 11) is 0. The maximum absolute atomic E-state index is 11.9. The summed E-state index contributed by atoms with van der Waals surface area (Å²) in [4.78, 5) is 11.9. The number of ketones is 1. The van der Waals surface area contributed by atoms with Gasteiger partial charge in [0.2, 0.25) is 0 Å². The zero-order valence-electron chi connectivity index (χ0n) is 14.6. The van der Waals surface area contributed by atoms with E-state index in [4.69, 9.17) is 0 Å². The van der Waals surface area contributed by atoms with Gasteiger partial charge >= 0.3 is 0 Å². The van der Waals surface area contributed by atoms with Crippen molar-refractivity contribution in [3.63, 3.8) is 0 Å². The van der Waals surface area contributed by atoms with Gasteiger partial charge in [-0.1, -0.05) is 25.5 Å². The van der Waals surface area contributed by atoms with Gasteiger partial charge in [-0.3, -0.25) is 4.79 Å². The van der Waals surface area contributed by atoms with Crippen molar-refractivity contribution < 1.29 is 9.90 Å². The summed E-state index contributed by atoms with van der Waals surface area (Å²) in [5.74, 6) is 2.35. The minimum atomic E-state index is -0.678. The third-order valence-electron chi connectivity index (χ3n) is 8.51. The van der Waals surface area contributed by atoms with Gasteiger partial charge in [0.05, 0.1) is 5.60 Å². The van der Waals surface area contributed by atoms with Crippen LogP contribution in [0.2, 0.25) is 0 Å². The Balaban J connectivity index is 1.70. The lowest BCUT2D eigenvalue weighted by Crippen LogP contribution is -2.54. The quantitative estimate of drug-likeness (QED) is 0.727. The fraction of sp³-hybridized carbons (Fsp3) is 0.762.